The number of aromatic amines is 1. The van der Waals surface area contributed by atoms with Crippen LogP contribution >= 0.6 is 11.6 Å². The minimum absolute atomic E-state index is 0.252. The third-order valence-corrected chi connectivity index (χ3v) is 6.95. The van der Waals surface area contributed by atoms with Gasteiger partial charge in [0.05, 0.1) is 17.3 Å². The number of carbonyl (C=O) groups is 2. The second-order valence-electron chi connectivity index (χ2n) is 9.52. The molecule has 0 unspecified atom stereocenters. The van der Waals surface area contributed by atoms with Crippen molar-refractivity contribution in [2.45, 2.75) is 18.9 Å². The number of anilines is 1. The molecule has 0 saturated carbocycles. The number of fused-ring (bicyclic) bond motifs is 1. The van der Waals surface area contributed by atoms with E-state index in [2.05, 4.69) is 10.4 Å². The summed E-state index contributed by atoms with van der Waals surface area (Å²) < 4.78 is 0. The zero-order chi connectivity index (χ0) is 27.7. The molecule has 1 aliphatic rings. The number of carboxylic acids is 1. The molecule has 39 heavy (non-hydrogen) atoms. The normalized spacial score (nSPS) is 14.7. The first kappa shape index (κ1) is 26.1. The van der Waals surface area contributed by atoms with Gasteiger partial charge in [-0.25, -0.2) is 5.01 Å². The number of hydrazine groups is 1. The van der Waals surface area contributed by atoms with Crippen LogP contribution < -0.4 is 21.0 Å². The Kier molecular flexibility index (Phi) is 7.13. The first-order valence-electron chi connectivity index (χ1n) is 12.4. The minimum atomic E-state index is -1.31. The van der Waals surface area contributed by atoms with Crippen LogP contribution in [0.1, 0.15) is 30.0 Å². The summed E-state index contributed by atoms with van der Waals surface area (Å²) in [5, 5.41) is 13.7. The van der Waals surface area contributed by atoms with Gasteiger partial charge >= 0.3 is 0 Å². The summed E-state index contributed by atoms with van der Waals surface area (Å²) in [5.41, 5.74) is 7.44. The summed E-state index contributed by atoms with van der Waals surface area (Å²) in [6, 6.07) is 21.9. The molecule has 1 aliphatic heterocycles. The van der Waals surface area contributed by atoms with Gasteiger partial charge in [0.1, 0.15) is 0 Å². The maximum atomic E-state index is 13.6. The van der Waals surface area contributed by atoms with Gasteiger partial charge in [-0.2, -0.15) is 0 Å². The van der Waals surface area contributed by atoms with Crippen molar-refractivity contribution in [3.63, 3.8) is 0 Å². The third kappa shape index (κ3) is 5.24. The number of carboxylic acid groups (broad SMARTS) is 1. The van der Waals surface area contributed by atoms with Gasteiger partial charge in [-0.05, 0) is 54.0 Å². The van der Waals surface area contributed by atoms with Gasteiger partial charge in [-0.15, -0.1) is 0 Å². The first-order valence-corrected chi connectivity index (χ1v) is 12.8. The van der Waals surface area contributed by atoms with Gasteiger partial charge < -0.3 is 19.8 Å². The summed E-state index contributed by atoms with van der Waals surface area (Å²) in [6.07, 6.45) is 1.15. The zero-order valence-electron chi connectivity index (χ0n) is 21.4. The fourth-order valence-electron chi connectivity index (χ4n) is 4.80. The number of amides is 1. The fourth-order valence-corrected chi connectivity index (χ4v) is 4.97. The Morgan fingerprint density at radius 3 is 2.36 bits per heavy atom. The molecule has 198 valence electrons. The van der Waals surface area contributed by atoms with Crippen molar-refractivity contribution in [2.75, 3.05) is 19.0 Å². The van der Waals surface area contributed by atoms with Gasteiger partial charge in [0.2, 0.25) is 5.91 Å². The van der Waals surface area contributed by atoms with Crippen molar-refractivity contribution in [3.8, 4) is 11.1 Å². The molecule has 5 rings (SSSR count). The number of hydrogen-bond donors (Lipinski definition) is 2. The number of nitrogens with zero attached hydrogens (tertiary/aromatic N) is 2. The molecule has 1 aromatic heterocycles. The SMILES string of the molecule is CN(C)c1ccc([C@H]2C=C(c3c(-c4ccccc4)c4cc(Cl)ccc4[nH]c3=O)NN2C(=O)CCC(=O)[O-])cc1. The lowest BCUT2D eigenvalue weighted by Crippen LogP contribution is -2.40. The van der Waals surface area contributed by atoms with E-state index in [0.29, 0.717) is 27.4 Å². The second kappa shape index (κ2) is 10.7. The van der Waals surface area contributed by atoms with E-state index in [-0.39, 0.29) is 12.0 Å². The molecule has 0 fully saturated rings. The maximum Gasteiger partial charge on any atom is 0.258 e. The van der Waals surface area contributed by atoms with E-state index >= 15 is 0 Å². The van der Waals surface area contributed by atoms with Crippen LogP contribution in [0.15, 0.2) is 83.7 Å². The number of halogens is 1. The molecule has 3 aromatic carbocycles. The fraction of sp³-hybridized carbons (Fsp3) is 0.167. The van der Waals surface area contributed by atoms with E-state index < -0.39 is 24.3 Å². The van der Waals surface area contributed by atoms with Crippen molar-refractivity contribution in [3.05, 3.63) is 105 Å². The van der Waals surface area contributed by atoms with E-state index in [0.717, 1.165) is 22.2 Å². The summed E-state index contributed by atoms with van der Waals surface area (Å²) in [7, 11) is 3.87. The molecule has 4 aromatic rings. The number of aromatic nitrogens is 1. The molecule has 1 atom stereocenters. The highest BCUT2D eigenvalue weighted by molar-refractivity contribution is 6.31. The first-order chi connectivity index (χ1) is 18.7. The van der Waals surface area contributed by atoms with Crippen LogP contribution in [0.5, 0.6) is 0 Å². The summed E-state index contributed by atoms with van der Waals surface area (Å²) in [5.74, 6) is -1.74. The molecule has 0 aliphatic carbocycles. The zero-order valence-corrected chi connectivity index (χ0v) is 22.2. The third-order valence-electron chi connectivity index (χ3n) is 6.71. The molecule has 9 heteroatoms. The van der Waals surface area contributed by atoms with Gasteiger partial charge in [0.15, 0.2) is 0 Å². The van der Waals surface area contributed by atoms with E-state index in [1.807, 2.05) is 79.7 Å². The van der Waals surface area contributed by atoms with Gasteiger partial charge in [-0.3, -0.25) is 15.0 Å². The van der Waals surface area contributed by atoms with E-state index in [1.54, 1.807) is 18.2 Å². The van der Waals surface area contributed by atoms with Crippen molar-refractivity contribution < 1.29 is 14.7 Å². The number of hydrogen-bond acceptors (Lipinski definition) is 6. The van der Waals surface area contributed by atoms with Crippen LogP contribution in [-0.2, 0) is 9.59 Å². The Balaban J connectivity index is 1.68. The van der Waals surface area contributed by atoms with Gasteiger partial charge in [0, 0.05) is 53.7 Å². The number of nitrogens with one attached hydrogen (secondary N) is 2. The lowest BCUT2D eigenvalue weighted by molar-refractivity contribution is -0.305. The largest absolute Gasteiger partial charge is 0.550 e. The Morgan fingerprint density at radius 2 is 1.69 bits per heavy atom. The van der Waals surface area contributed by atoms with Gasteiger partial charge in [0.25, 0.3) is 5.56 Å². The molecule has 0 radical (unpaired) electrons. The molecule has 0 spiro atoms. The van der Waals surface area contributed by atoms with E-state index in [9.17, 15) is 19.5 Å². The summed E-state index contributed by atoms with van der Waals surface area (Å²) in [6.45, 7) is 0. The smallest absolute Gasteiger partial charge is 0.258 e. The van der Waals surface area contributed by atoms with Crippen LogP contribution in [-0.4, -0.2) is 36.0 Å². The van der Waals surface area contributed by atoms with Crippen molar-refractivity contribution in [1.29, 1.82) is 0 Å². The number of rotatable bonds is 7. The Bertz CT molecular complexity index is 1650. The average Bonchev–Trinajstić information content (AvgIpc) is 3.37. The predicted octanol–water partition coefficient (Wildman–Crippen LogP) is 3.87. The van der Waals surface area contributed by atoms with Crippen LogP contribution in [0.3, 0.4) is 0 Å². The number of carbonyl (C=O) groups excluding carboxylic acids is 2. The average molecular weight is 542 g/mol. The molecular formula is C30H26ClN4O4-. The highest BCUT2D eigenvalue weighted by atomic mass is 35.5. The molecule has 2 heterocycles. The molecule has 0 saturated heterocycles. The quantitative estimate of drug-likeness (QED) is 0.368. The standard InChI is InChI=1S/C30H27ClN4O4/c1-34(2)21-11-8-18(9-12-21)25-17-24(33-35(25)26(36)14-15-27(37)38)29-28(19-6-4-3-5-7-19)22-16-20(31)10-13-23(22)32-30(29)39/h3-13,16-17,25,33H,14-15H2,1-2H3,(H,32,39)(H,37,38)/p-1/t25-/m1/s1. The Hall–Kier alpha value is -4.56. The van der Waals surface area contributed by atoms with Crippen molar-refractivity contribution in [1.82, 2.24) is 15.4 Å². The Morgan fingerprint density at radius 1 is 0.974 bits per heavy atom. The lowest BCUT2D eigenvalue weighted by atomic mass is 9.94. The minimum Gasteiger partial charge on any atom is -0.550 e. The van der Waals surface area contributed by atoms with E-state index in [4.69, 9.17) is 11.6 Å². The second-order valence-corrected chi connectivity index (χ2v) is 9.96. The number of aliphatic carboxylic acids is 1. The van der Waals surface area contributed by atoms with Crippen LogP contribution in [0.25, 0.3) is 27.7 Å². The molecule has 2 N–H and O–H groups in total. The highest BCUT2D eigenvalue weighted by Crippen LogP contribution is 2.38. The lowest BCUT2D eigenvalue weighted by Gasteiger charge is -2.26. The molecular weight excluding hydrogens is 516 g/mol. The number of H-pyrrole nitrogens is 1. The Labute approximate surface area is 230 Å². The summed E-state index contributed by atoms with van der Waals surface area (Å²) >= 11 is 6.36. The topological polar surface area (TPSA) is 109 Å². The van der Waals surface area contributed by atoms with Crippen molar-refractivity contribution >= 4 is 45.8 Å². The number of benzene rings is 3. The van der Waals surface area contributed by atoms with Crippen LogP contribution in [0.2, 0.25) is 5.02 Å². The maximum absolute atomic E-state index is 13.6. The van der Waals surface area contributed by atoms with Gasteiger partial charge in [-0.1, -0.05) is 54.1 Å². The van der Waals surface area contributed by atoms with Crippen molar-refractivity contribution in [2.24, 2.45) is 0 Å². The summed E-state index contributed by atoms with van der Waals surface area (Å²) in [4.78, 5) is 42.8. The highest BCUT2D eigenvalue weighted by Gasteiger charge is 2.33. The molecule has 0 bridgehead atoms. The van der Waals surface area contributed by atoms with Crippen LogP contribution in [0, 0.1) is 0 Å². The monoisotopic (exact) mass is 541 g/mol. The number of pyridine rings is 1. The molecule has 8 nitrogen and oxygen atoms in total. The molecule has 1 amide bonds. The van der Waals surface area contributed by atoms with E-state index in [1.165, 1.54) is 5.01 Å². The predicted molar refractivity (Wildman–Crippen MR) is 151 cm³/mol. The van der Waals surface area contributed by atoms with Crippen LogP contribution in [0.4, 0.5) is 5.69 Å².